The number of amides is 1. The maximum Gasteiger partial charge on any atom is 0.239 e. The van der Waals surface area contributed by atoms with Gasteiger partial charge in [0.2, 0.25) is 5.91 Å². The molecule has 2 unspecified atom stereocenters. The minimum atomic E-state index is -0.834. The number of para-hydroxylation sites is 2. The first-order chi connectivity index (χ1) is 9.90. The Morgan fingerprint density at radius 2 is 1.95 bits per heavy atom. The van der Waals surface area contributed by atoms with Gasteiger partial charge >= 0.3 is 0 Å². The van der Waals surface area contributed by atoms with Crippen LogP contribution in [0.1, 0.15) is 33.6 Å². The molecule has 0 fully saturated rings. The molecule has 0 saturated heterocycles. The van der Waals surface area contributed by atoms with Crippen molar-refractivity contribution in [1.82, 2.24) is 5.32 Å². The Morgan fingerprint density at radius 3 is 2.50 bits per heavy atom. The Hall–Kier alpha value is -1.46. The molecule has 126 valence electrons. The number of carbonyl (C=O) groups excluding carboxylic acids is 1. The van der Waals surface area contributed by atoms with Crippen LogP contribution in [0.3, 0.4) is 0 Å². The lowest BCUT2D eigenvalue weighted by Gasteiger charge is -2.24. The maximum atomic E-state index is 12.0. The second kappa shape index (κ2) is 9.54. The van der Waals surface area contributed by atoms with E-state index in [1.165, 1.54) is 0 Å². The lowest BCUT2D eigenvalue weighted by Crippen LogP contribution is -2.53. The Morgan fingerprint density at radius 1 is 1.36 bits per heavy atom. The van der Waals surface area contributed by atoms with Gasteiger partial charge in [-0.15, -0.1) is 12.4 Å². The van der Waals surface area contributed by atoms with Gasteiger partial charge in [-0.2, -0.15) is 0 Å². The molecule has 22 heavy (non-hydrogen) atoms. The molecule has 0 aliphatic heterocycles. The van der Waals surface area contributed by atoms with Gasteiger partial charge in [0.1, 0.15) is 6.10 Å². The minimum Gasteiger partial charge on any atom is -0.493 e. The normalized spacial score (nSPS) is 14.2. The smallest absolute Gasteiger partial charge is 0.239 e. The minimum absolute atomic E-state index is 0. The number of rotatable bonds is 8. The van der Waals surface area contributed by atoms with Crippen LogP contribution in [0.5, 0.6) is 11.5 Å². The molecule has 6 heteroatoms. The average Bonchev–Trinajstić information content (AvgIpc) is 2.45. The van der Waals surface area contributed by atoms with Crippen molar-refractivity contribution < 1.29 is 14.3 Å². The Balaban J connectivity index is 0.00000441. The number of hydrogen-bond donors (Lipinski definition) is 2. The highest BCUT2D eigenvalue weighted by Gasteiger charge is 2.27. The van der Waals surface area contributed by atoms with E-state index in [0.29, 0.717) is 24.5 Å². The maximum absolute atomic E-state index is 12.0. The monoisotopic (exact) mass is 330 g/mol. The van der Waals surface area contributed by atoms with Gasteiger partial charge in [0.25, 0.3) is 0 Å². The fraction of sp³-hybridized carbons (Fsp3) is 0.562. The van der Waals surface area contributed by atoms with Gasteiger partial charge < -0.3 is 20.5 Å². The molecule has 0 saturated carbocycles. The summed E-state index contributed by atoms with van der Waals surface area (Å²) >= 11 is 0. The van der Waals surface area contributed by atoms with E-state index in [4.69, 9.17) is 15.2 Å². The molecule has 5 nitrogen and oxygen atoms in total. The molecule has 3 N–H and O–H groups in total. The number of hydrogen-bond acceptors (Lipinski definition) is 4. The van der Waals surface area contributed by atoms with Crippen molar-refractivity contribution in [3.63, 3.8) is 0 Å². The summed E-state index contributed by atoms with van der Waals surface area (Å²) in [6.45, 7) is 6.04. The van der Waals surface area contributed by atoms with Crippen molar-refractivity contribution in [2.75, 3.05) is 13.7 Å². The summed E-state index contributed by atoms with van der Waals surface area (Å²) in [5.41, 5.74) is 5.15. The molecule has 1 amide bonds. The number of halogens is 1. The predicted octanol–water partition coefficient (Wildman–Crippen LogP) is 2.52. The van der Waals surface area contributed by atoms with Crippen molar-refractivity contribution in [3.8, 4) is 11.5 Å². The Bertz CT molecular complexity index is 466. The number of ether oxygens (including phenoxy) is 2. The highest BCUT2D eigenvalue weighted by molar-refractivity contribution is 5.85. The van der Waals surface area contributed by atoms with Gasteiger partial charge in [0.15, 0.2) is 11.5 Å². The third-order valence-electron chi connectivity index (χ3n) is 3.24. The van der Waals surface area contributed by atoms with Gasteiger partial charge in [0, 0.05) is 0 Å². The quantitative estimate of drug-likeness (QED) is 0.768. The molecule has 1 aromatic carbocycles. The lowest BCUT2D eigenvalue weighted by atomic mass is 9.96. The van der Waals surface area contributed by atoms with Gasteiger partial charge in [-0.25, -0.2) is 0 Å². The summed E-state index contributed by atoms with van der Waals surface area (Å²) in [6, 6.07) is 7.42. The molecule has 0 aliphatic rings. The molecule has 0 bridgehead atoms. The number of nitrogens with one attached hydrogen (secondary N) is 1. The first-order valence-corrected chi connectivity index (χ1v) is 7.27. The second-order valence-corrected chi connectivity index (χ2v) is 5.46. The zero-order valence-corrected chi connectivity index (χ0v) is 14.5. The molecule has 1 aromatic rings. The third-order valence-corrected chi connectivity index (χ3v) is 3.24. The SMILES string of the molecule is CCCC(C)(N)C(=O)NCC(C)Oc1ccccc1OC.Cl. The molecule has 0 heterocycles. The molecule has 0 aliphatic carbocycles. The third kappa shape index (κ3) is 6.12. The van der Waals surface area contributed by atoms with Crippen molar-refractivity contribution >= 4 is 18.3 Å². The molecule has 0 radical (unpaired) electrons. The van der Waals surface area contributed by atoms with E-state index in [-0.39, 0.29) is 24.4 Å². The van der Waals surface area contributed by atoms with E-state index >= 15 is 0 Å². The standard InChI is InChI=1S/C16H26N2O3.ClH/c1-5-10-16(3,17)15(19)18-11-12(2)21-14-9-7-6-8-13(14)20-4;/h6-9,12H,5,10-11,17H2,1-4H3,(H,18,19);1H. The van der Waals surface area contributed by atoms with E-state index in [2.05, 4.69) is 5.32 Å². The van der Waals surface area contributed by atoms with Gasteiger partial charge in [0.05, 0.1) is 19.2 Å². The summed E-state index contributed by atoms with van der Waals surface area (Å²) in [5.74, 6) is 1.18. The van der Waals surface area contributed by atoms with E-state index in [1.807, 2.05) is 38.1 Å². The Kier molecular flexibility index (Phi) is 8.90. The fourth-order valence-electron chi connectivity index (χ4n) is 2.05. The van der Waals surface area contributed by atoms with Crippen molar-refractivity contribution in [2.24, 2.45) is 5.73 Å². The van der Waals surface area contributed by atoms with E-state index in [1.54, 1.807) is 14.0 Å². The second-order valence-electron chi connectivity index (χ2n) is 5.46. The van der Waals surface area contributed by atoms with Gasteiger partial charge in [-0.1, -0.05) is 25.5 Å². The topological polar surface area (TPSA) is 73.6 Å². The highest BCUT2D eigenvalue weighted by Crippen LogP contribution is 2.26. The van der Waals surface area contributed by atoms with Crippen LogP contribution in [-0.4, -0.2) is 31.2 Å². The summed E-state index contributed by atoms with van der Waals surface area (Å²) in [4.78, 5) is 12.0. The number of benzene rings is 1. The zero-order chi connectivity index (χ0) is 15.9. The van der Waals surface area contributed by atoms with Gasteiger partial charge in [-0.3, -0.25) is 4.79 Å². The zero-order valence-electron chi connectivity index (χ0n) is 13.7. The van der Waals surface area contributed by atoms with E-state index in [9.17, 15) is 4.79 Å². The molecule has 2 atom stereocenters. The van der Waals surface area contributed by atoms with E-state index in [0.717, 1.165) is 6.42 Å². The molecular weight excluding hydrogens is 304 g/mol. The highest BCUT2D eigenvalue weighted by atomic mass is 35.5. The molecule has 0 aromatic heterocycles. The summed E-state index contributed by atoms with van der Waals surface area (Å²) < 4.78 is 11.0. The fourth-order valence-corrected chi connectivity index (χ4v) is 2.05. The van der Waals surface area contributed by atoms with Crippen LogP contribution in [0, 0.1) is 0 Å². The van der Waals surface area contributed by atoms with Crippen LogP contribution in [-0.2, 0) is 4.79 Å². The average molecular weight is 331 g/mol. The molecule has 1 rings (SSSR count). The number of methoxy groups -OCH3 is 1. The summed E-state index contributed by atoms with van der Waals surface area (Å²) in [7, 11) is 1.60. The van der Waals surface area contributed by atoms with Crippen LogP contribution in [0.2, 0.25) is 0 Å². The molecule has 0 spiro atoms. The molecular formula is C16H27ClN2O3. The Labute approximate surface area is 139 Å². The van der Waals surface area contributed by atoms with E-state index < -0.39 is 5.54 Å². The number of carbonyl (C=O) groups is 1. The lowest BCUT2D eigenvalue weighted by molar-refractivity contribution is -0.126. The summed E-state index contributed by atoms with van der Waals surface area (Å²) in [5, 5.41) is 2.84. The van der Waals surface area contributed by atoms with Crippen LogP contribution in [0.15, 0.2) is 24.3 Å². The van der Waals surface area contributed by atoms with Crippen LogP contribution >= 0.6 is 12.4 Å². The summed E-state index contributed by atoms with van der Waals surface area (Å²) in [6.07, 6.45) is 1.34. The number of nitrogens with two attached hydrogens (primary N) is 1. The van der Waals surface area contributed by atoms with Crippen LogP contribution in [0.4, 0.5) is 0 Å². The largest absolute Gasteiger partial charge is 0.493 e. The van der Waals surface area contributed by atoms with Crippen LogP contribution in [0.25, 0.3) is 0 Å². The van der Waals surface area contributed by atoms with Crippen molar-refractivity contribution in [2.45, 2.75) is 45.3 Å². The van der Waals surface area contributed by atoms with Crippen molar-refractivity contribution in [3.05, 3.63) is 24.3 Å². The van der Waals surface area contributed by atoms with Gasteiger partial charge in [-0.05, 0) is 32.4 Å². The van der Waals surface area contributed by atoms with Crippen LogP contribution < -0.4 is 20.5 Å². The predicted molar refractivity (Wildman–Crippen MR) is 90.8 cm³/mol. The first kappa shape index (κ1) is 20.5. The first-order valence-electron chi connectivity index (χ1n) is 7.27. The van der Waals surface area contributed by atoms with Crippen molar-refractivity contribution in [1.29, 1.82) is 0 Å².